The number of anilines is 1. The third-order valence-corrected chi connectivity index (χ3v) is 7.01. The molecule has 40 heavy (non-hydrogen) atoms. The molecule has 2 aromatic rings. The fourth-order valence-electron chi connectivity index (χ4n) is 3.42. The van der Waals surface area contributed by atoms with E-state index in [1.807, 2.05) is 0 Å². The van der Waals surface area contributed by atoms with Crippen LogP contribution in [0.2, 0.25) is 0 Å². The summed E-state index contributed by atoms with van der Waals surface area (Å²) < 4.78 is 12.1. The maximum absolute atomic E-state index is 12.4. The van der Waals surface area contributed by atoms with Crippen LogP contribution in [0, 0.1) is 5.92 Å². The van der Waals surface area contributed by atoms with E-state index in [1.54, 1.807) is 69.4 Å². The number of alkyl carbamates (subject to hydrolysis) is 1. The van der Waals surface area contributed by atoms with Gasteiger partial charge in [0.25, 0.3) is 14.4 Å². The van der Waals surface area contributed by atoms with Crippen molar-refractivity contribution in [1.82, 2.24) is 10.6 Å². The first-order valence-corrected chi connectivity index (χ1v) is 13.6. The summed E-state index contributed by atoms with van der Waals surface area (Å²) >= 11 is 0. The summed E-state index contributed by atoms with van der Waals surface area (Å²) in [7, 11) is -0.512. The second kappa shape index (κ2) is 15.7. The van der Waals surface area contributed by atoms with Crippen LogP contribution in [0.3, 0.4) is 0 Å². The smallest absolute Gasteiger partial charge is 0.408 e. The van der Waals surface area contributed by atoms with Crippen LogP contribution in [0.4, 0.5) is 10.5 Å². The number of hydrogen-bond donors (Lipinski definition) is 6. The van der Waals surface area contributed by atoms with Gasteiger partial charge in [-0.2, -0.15) is 0 Å². The van der Waals surface area contributed by atoms with Crippen molar-refractivity contribution in [2.24, 2.45) is 17.4 Å². The van der Waals surface area contributed by atoms with Crippen molar-refractivity contribution in [3.8, 4) is 0 Å². The second-order valence-corrected chi connectivity index (χ2v) is 10.5. The maximum Gasteiger partial charge on any atom is 0.408 e. The first-order chi connectivity index (χ1) is 18.9. The summed E-state index contributed by atoms with van der Waals surface area (Å²) in [5.74, 6) is -2.62. The Bertz CT molecular complexity index is 1150. The lowest BCUT2D eigenvalue weighted by molar-refractivity contribution is -0.139. The number of aliphatic carboxylic acids is 1. The number of benzene rings is 2. The number of hydrogen-bond acceptors (Lipinski definition) is 9. The predicted molar refractivity (Wildman–Crippen MR) is 149 cm³/mol. The van der Waals surface area contributed by atoms with Crippen LogP contribution >= 0.6 is 8.53 Å². The van der Waals surface area contributed by atoms with Gasteiger partial charge < -0.3 is 46.0 Å². The minimum Gasteiger partial charge on any atom is -0.480 e. The fraction of sp³-hybridized carbons (Fsp3) is 0.385. The van der Waals surface area contributed by atoms with Crippen LogP contribution in [0.25, 0.3) is 0 Å². The molecule has 0 saturated carbocycles. The van der Waals surface area contributed by atoms with Crippen LogP contribution in [0.5, 0.6) is 0 Å². The second-order valence-electron chi connectivity index (χ2n) is 9.17. The Labute approximate surface area is 233 Å². The lowest BCUT2D eigenvalue weighted by Gasteiger charge is -2.24. The first-order valence-electron chi connectivity index (χ1n) is 12.4. The highest BCUT2D eigenvalue weighted by Crippen LogP contribution is 2.39. The van der Waals surface area contributed by atoms with Crippen molar-refractivity contribution in [3.63, 3.8) is 0 Å². The summed E-state index contributed by atoms with van der Waals surface area (Å²) in [6.45, 7) is 3.64. The quantitative estimate of drug-likeness (QED) is 0.169. The van der Waals surface area contributed by atoms with Gasteiger partial charge in [-0.15, -0.1) is 0 Å². The number of ether oxygens (including phenoxy) is 1. The molecule has 0 bridgehead atoms. The number of rotatable bonds is 15. The Morgan fingerprint density at radius 1 is 1.00 bits per heavy atom. The molecule has 0 aliphatic carbocycles. The largest absolute Gasteiger partial charge is 0.480 e. The van der Waals surface area contributed by atoms with E-state index in [-0.39, 0.29) is 25.6 Å². The SMILES string of the molecule is CC(C)C(NC(=O)OCc1ccc(N(C)P(O)OCCC(NC(=O)c2ccc(CN)cc2)C(=O)O)cc1)C(N)=O. The molecule has 3 unspecified atom stereocenters. The molecular weight excluding hydrogens is 541 g/mol. The van der Waals surface area contributed by atoms with Crippen LogP contribution in [-0.4, -0.2) is 59.6 Å². The molecule has 0 aliphatic rings. The number of carbonyl (C=O) groups is 4. The molecule has 0 heterocycles. The molecule has 3 atom stereocenters. The van der Waals surface area contributed by atoms with Gasteiger partial charge in [0.2, 0.25) is 5.91 Å². The number of carboxylic acids is 1. The van der Waals surface area contributed by atoms with E-state index < -0.39 is 44.5 Å². The molecule has 0 saturated heterocycles. The van der Waals surface area contributed by atoms with Crippen molar-refractivity contribution >= 4 is 38.1 Å². The van der Waals surface area contributed by atoms with Crippen molar-refractivity contribution in [2.75, 3.05) is 18.3 Å². The molecule has 0 fully saturated rings. The molecule has 0 aliphatic heterocycles. The third kappa shape index (κ3) is 10.1. The number of carboxylic acid groups (broad SMARTS) is 1. The van der Waals surface area contributed by atoms with Gasteiger partial charge in [0.1, 0.15) is 18.7 Å². The summed E-state index contributed by atoms with van der Waals surface area (Å²) in [6, 6.07) is 11.2. The summed E-state index contributed by atoms with van der Waals surface area (Å²) in [5.41, 5.74) is 13.2. The van der Waals surface area contributed by atoms with E-state index in [9.17, 15) is 29.2 Å². The average Bonchev–Trinajstić information content (AvgIpc) is 2.93. The normalized spacial score (nSPS) is 13.2. The van der Waals surface area contributed by atoms with E-state index in [1.165, 1.54) is 4.67 Å². The number of nitrogens with zero attached hydrogens (tertiary/aromatic N) is 1. The highest BCUT2D eigenvalue weighted by molar-refractivity contribution is 7.48. The molecular formula is C26H36N5O8P. The minimum absolute atomic E-state index is 0.0523. The van der Waals surface area contributed by atoms with Gasteiger partial charge in [0.05, 0.1) is 6.61 Å². The fourth-order valence-corrected chi connectivity index (χ4v) is 4.19. The predicted octanol–water partition coefficient (Wildman–Crippen LogP) is 1.83. The maximum atomic E-state index is 12.4. The molecule has 14 heteroatoms. The van der Waals surface area contributed by atoms with Gasteiger partial charge >= 0.3 is 12.1 Å². The van der Waals surface area contributed by atoms with E-state index in [0.29, 0.717) is 23.4 Å². The number of nitrogens with two attached hydrogens (primary N) is 2. The standard InChI is InChI=1S/C26H36N5O8P/c1-16(2)22(23(28)32)30-26(36)38-15-18-6-10-20(11-7-18)31(3)40(37)39-13-12-21(25(34)35)29-24(33)19-8-4-17(14-27)5-9-19/h4-11,16,21-22,37H,12-15,27H2,1-3H3,(H2,28,32)(H,29,33)(H,30,36)(H,34,35). The highest BCUT2D eigenvalue weighted by Gasteiger charge is 2.23. The number of nitrogens with one attached hydrogen (secondary N) is 2. The van der Waals surface area contributed by atoms with Gasteiger partial charge in [-0.1, -0.05) is 38.1 Å². The number of carbonyl (C=O) groups excluding carboxylic acids is 3. The molecule has 0 aromatic heterocycles. The molecule has 3 amide bonds. The van der Waals surface area contributed by atoms with Gasteiger partial charge in [-0.3, -0.25) is 9.59 Å². The van der Waals surface area contributed by atoms with Gasteiger partial charge in [0.15, 0.2) is 0 Å². The lowest BCUT2D eigenvalue weighted by atomic mass is 10.0. The van der Waals surface area contributed by atoms with E-state index >= 15 is 0 Å². The van der Waals surface area contributed by atoms with Crippen molar-refractivity contribution in [3.05, 3.63) is 65.2 Å². The van der Waals surface area contributed by atoms with Crippen LogP contribution in [0.15, 0.2) is 48.5 Å². The van der Waals surface area contributed by atoms with Crippen LogP contribution in [0.1, 0.15) is 41.8 Å². The molecule has 8 N–H and O–H groups in total. The van der Waals surface area contributed by atoms with E-state index in [4.69, 9.17) is 20.7 Å². The molecule has 13 nitrogen and oxygen atoms in total. The van der Waals surface area contributed by atoms with E-state index in [0.717, 1.165) is 5.56 Å². The zero-order valence-corrected chi connectivity index (χ0v) is 23.5. The van der Waals surface area contributed by atoms with Crippen molar-refractivity contribution in [2.45, 2.75) is 45.5 Å². The van der Waals surface area contributed by atoms with Crippen molar-refractivity contribution < 1.29 is 38.4 Å². The Balaban J connectivity index is 1.83. The van der Waals surface area contributed by atoms with Crippen molar-refractivity contribution in [1.29, 1.82) is 0 Å². The van der Waals surface area contributed by atoms with Crippen LogP contribution < -0.4 is 26.8 Å². The molecule has 2 rings (SSSR count). The summed E-state index contributed by atoms with van der Waals surface area (Å²) in [4.78, 5) is 57.9. The van der Waals surface area contributed by atoms with Crippen LogP contribution in [-0.2, 0) is 32.0 Å². The van der Waals surface area contributed by atoms with Gasteiger partial charge in [0, 0.05) is 31.3 Å². The molecule has 2 aromatic carbocycles. The molecule has 0 spiro atoms. The van der Waals surface area contributed by atoms with E-state index in [2.05, 4.69) is 10.6 Å². The lowest BCUT2D eigenvalue weighted by Crippen LogP contribution is -2.47. The molecule has 218 valence electrons. The third-order valence-electron chi connectivity index (χ3n) is 5.85. The zero-order chi connectivity index (χ0) is 29.8. The first kappa shape index (κ1) is 32.4. The summed E-state index contributed by atoms with van der Waals surface area (Å²) in [5, 5.41) is 14.4. The monoisotopic (exact) mass is 577 g/mol. The Morgan fingerprint density at radius 2 is 1.60 bits per heavy atom. The van der Waals surface area contributed by atoms with Gasteiger partial charge in [-0.25, -0.2) is 9.59 Å². The Morgan fingerprint density at radius 3 is 2.12 bits per heavy atom. The topological polar surface area (TPSA) is 207 Å². The zero-order valence-electron chi connectivity index (χ0n) is 22.6. The number of amides is 3. The molecule has 0 radical (unpaired) electrons. The summed E-state index contributed by atoms with van der Waals surface area (Å²) in [6.07, 6.45) is -0.840. The highest BCUT2D eigenvalue weighted by atomic mass is 31.2. The van der Waals surface area contributed by atoms with Gasteiger partial charge in [-0.05, 0) is 41.3 Å². The Kier molecular flexibility index (Phi) is 12.8. The average molecular weight is 578 g/mol. The minimum atomic E-state index is -2.11. The Hall–Kier alpha value is -3.77. The number of primary amides is 1.